The molecule has 0 bridgehead atoms. The van der Waals surface area contributed by atoms with Gasteiger partial charge in [-0.2, -0.15) is 0 Å². The van der Waals surface area contributed by atoms with Gasteiger partial charge in [0.05, 0.1) is 0 Å². The van der Waals surface area contributed by atoms with E-state index in [0.717, 1.165) is 19.4 Å². The third kappa shape index (κ3) is 14.1. The van der Waals surface area contributed by atoms with Crippen LogP contribution in [0.5, 0.6) is 0 Å². The molecule has 3 rings (SSSR count). The van der Waals surface area contributed by atoms with Gasteiger partial charge in [0.15, 0.2) is 0 Å². The van der Waals surface area contributed by atoms with Crippen LogP contribution < -0.4 is 11.1 Å². The normalized spacial score (nSPS) is 18.5. The van der Waals surface area contributed by atoms with Crippen LogP contribution in [-0.4, -0.2) is 77.4 Å². The molecule has 0 spiro atoms. The third-order valence-corrected chi connectivity index (χ3v) is 5.09. The maximum absolute atomic E-state index is 12.1. The first-order chi connectivity index (χ1) is 17.7. The van der Waals surface area contributed by atoms with Crippen molar-refractivity contribution >= 4 is 18.1 Å². The summed E-state index contributed by atoms with van der Waals surface area (Å²) in [6.07, 6.45) is 1.05. The number of nitrogens with two attached hydrogens (primary N) is 1. The van der Waals surface area contributed by atoms with Crippen molar-refractivity contribution < 1.29 is 33.0 Å². The first-order valence-electron chi connectivity index (χ1n) is 12.9. The van der Waals surface area contributed by atoms with Crippen LogP contribution >= 0.6 is 0 Å². The van der Waals surface area contributed by atoms with Crippen LogP contribution in [0.1, 0.15) is 78.6 Å². The van der Waals surface area contributed by atoms with Crippen molar-refractivity contribution in [3.63, 3.8) is 0 Å². The molecular weight excluding hydrogens is 498 g/mol. The summed E-state index contributed by atoms with van der Waals surface area (Å²) in [5, 5.41) is 2.95. The highest BCUT2D eigenvalue weighted by Gasteiger charge is 2.31. The predicted octanol–water partition coefficient (Wildman–Crippen LogP) is 5.25. The van der Waals surface area contributed by atoms with Gasteiger partial charge in [-0.15, -0.1) is 0 Å². The predicted molar refractivity (Wildman–Crippen MR) is 144 cm³/mol. The second-order valence-corrected chi connectivity index (χ2v) is 10.7. The van der Waals surface area contributed by atoms with Gasteiger partial charge < -0.3 is 30.3 Å². The minimum Gasteiger partial charge on any atom is -0.444 e. The number of hydrogen-bond donors (Lipinski definition) is 2. The van der Waals surface area contributed by atoms with Crippen LogP contribution in [-0.2, 0) is 9.47 Å². The number of benzene rings is 1. The maximum atomic E-state index is 12.1. The Hall–Kier alpha value is -2.95. The van der Waals surface area contributed by atoms with E-state index in [1.54, 1.807) is 21.9 Å². The molecule has 1 aromatic rings. The van der Waals surface area contributed by atoms with E-state index < -0.39 is 11.2 Å². The van der Waals surface area contributed by atoms with Crippen molar-refractivity contribution in [2.24, 2.45) is 5.73 Å². The fraction of sp³-hybridized carbons (Fsp3) is 0.667. The van der Waals surface area contributed by atoms with E-state index in [-0.39, 0.29) is 30.2 Å². The Balaban J connectivity index is 0.000000692. The van der Waals surface area contributed by atoms with Crippen LogP contribution in [0.4, 0.5) is 18.7 Å². The SMILES string of the molecule is CC.CC(C)(C)OC(=O)N1CC[C@H](N)C1.CC(C)(C)OC(=O)N1CC[C@H](NC(=O)c2ccccc2)C1.FF. The van der Waals surface area contributed by atoms with E-state index in [9.17, 15) is 14.4 Å². The highest BCUT2D eigenvalue weighted by molar-refractivity contribution is 5.94. The van der Waals surface area contributed by atoms with E-state index in [4.69, 9.17) is 24.4 Å². The Bertz CT molecular complexity index is 844. The summed E-state index contributed by atoms with van der Waals surface area (Å²) in [4.78, 5) is 38.8. The van der Waals surface area contributed by atoms with Gasteiger partial charge in [0, 0.05) is 53.0 Å². The van der Waals surface area contributed by atoms with Crippen LogP contribution in [0, 0.1) is 0 Å². The molecule has 2 aliphatic rings. The zero-order valence-corrected chi connectivity index (χ0v) is 24.1. The Morgan fingerprint density at radius 3 is 1.71 bits per heavy atom. The summed E-state index contributed by atoms with van der Waals surface area (Å²) in [7, 11) is 0. The largest absolute Gasteiger partial charge is 0.444 e. The Labute approximate surface area is 225 Å². The number of likely N-dealkylation sites (tertiary alicyclic amines) is 2. The molecule has 9 nitrogen and oxygen atoms in total. The number of carbonyl (C=O) groups excluding carboxylic acids is 3. The standard InChI is InChI=1S/C16H22N2O3.C9H18N2O2.C2H6.F2/c1-16(2,3)21-15(20)18-10-9-13(11-18)17-14(19)12-7-5-4-6-8-12;1-9(2,3)13-8(12)11-5-4-7(10)6-11;2*1-2/h4-8,13H,9-11H2,1-3H3,(H,17,19);7H,4-6,10H2,1-3H3;1-2H3;/t13-;7-;;/m00../s1. The topological polar surface area (TPSA) is 114 Å². The zero-order chi connectivity index (χ0) is 29.5. The molecule has 2 saturated heterocycles. The van der Waals surface area contributed by atoms with Crippen molar-refractivity contribution in [3.05, 3.63) is 35.9 Å². The Morgan fingerprint density at radius 1 is 0.842 bits per heavy atom. The second kappa shape index (κ2) is 16.8. The molecule has 1 aromatic carbocycles. The van der Waals surface area contributed by atoms with E-state index in [0.29, 0.717) is 25.2 Å². The number of ether oxygens (including phenoxy) is 2. The fourth-order valence-electron chi connectivity index (χ4n) is 3.51. The van der Waals surface area contributed by atoms with Crippen molar-refractivity contribution in [2.45, 2.75) is 91.5 Å². The molecule has 218 valence electrons. The monoisotopic (exact) mass is 544 g/mol. The quantitative estimate of drug-likeness (QED) is 0.526. The van der Waals surface area contributed by atoms with Crippen molar-refractivity contribution in [2.75, 3.05) is 26.2 Å². The number of hydrogen-bond acceptors (Lipinski definition) is 6. The smallest absolute Gasteiger partial charge is 0.410 e. The summed E-state index contributed by atoms with van der Waals surface area (Å²) in [6, 6.07) is 9.17. The van der Waals surface area contributed by atoms with E-state index in [2.05, 4.69) is 5.32 Å². The van der Waals surface area contributed by atoms with Gasteiger partial charge in [-0.25, -0.2) is 9.59 Å². The third-order valence-electron chi connectivity index (χ3n) is 5.09. The van der Waals surface area contributed by atoms with Crippen molar-refractivity contribution in [3.8, 4) is 0 Å². The number of nitrogens with zero attached hydrogens (tertiary/aromatic N) is 2. The lowest BCUT2D eigenvalue weighted by Crippen LogP contribution is -2.40. The highest BCUT2D eigenvalue weighted by Crippen LogP contribution is 2.16. The molecule has 0 aromatic heterocycles. The van der Waals surface area contributed by atoms with E-state index in [1.165, 1.54) is 0 Å². The molecule has 2 aliphatic heterocycles. The lowest BCUT2D eigenvalue weighted by molar-refractivity contribution is 0.0281. The van der Waals surface area contributed by atoms with Crippen molar-refractivity contribution in [1.29, 1.82) is 0 Å². The van der Waals surface area contributed by atoms with Gasteiger partial charge in [0.25, 0.3) is 5.91 Å². The number of amides is 3. The van der Waals surface area contributed by atoms with E-state index in [1.807, 2.05) is 73.6 Å². The molecule has 3 amide bonds. The number of rotatable bonds is 2. The lowest BCUT2D eigenvalue weighted by atomic mass is 10.2. The summed E-state index contributed by atoms with van der Waals surface area (Å²) in [5.74, 6) is -0.105. The van der Waals surface area contributed by atoms with E-state index >= 15 is 0 Å². The first-order valence-corrected chi connectivity index (χ1v) is 12.9. The highest BCUT2D eigenvalue weighted by atomic mass is 20.0. The summed E-state index contributed by atoms with van der Waals surface area (Å²) in [5.41, 5.74) is 5.40. The average molecular weight is 545 g/mol. The molecule has 38 heavy (non-hydrogen) atoms. The average Bonchev–Trinajstić information content (AvgIpc) is 3.50. The Morgan fingerprint density at radius 2 is 1.29 bits per heavy atom. The Kier molecular flexibility index (Phi) is 15.5. The molecule has 3 N–H and O–H groups in total. The number of nitrogens with one attached hydrogen (secondary N) is 1. The minimum atomic E-state index is -0.498. The first kappa shape index (κ1) is 35.0. The lowest BCUT2D eigenvalue weighted by Gasteiger charge is -2.24. The molecule has 2 atom stereocenters. The zero-order valence-electron chi connectivity index (χ0n) is 24.1. The number of carbonyl (C=O) groups is 3. The molecule has 0 saturated carbocycles. The fourth-order valence-corrected chi connectivity index (χ4v) is 3.51. The van der Waals surface area contributed by atoms with Gasteiger partial charge >= 0.3 is 12.2 Å². The molecule has 0 radical (unpaired) electrons. The summed E-state index contributed by atoms with van der Waals surface area (Å²) < 4.78 is 26.5. The molecule has 0 unspecified atom stereocenters. The van der Waals surface area contributed by atoms with Gasteiger partial charge in [-0.1, -0.05) is 32.0 Å². The summed E-state index contributed by atoms with van der Waals surface area (Å²) in [6.45, 7) is 17.6. The molecular formula is C27H46F2N4O5. The van der Waals surface area contributed by atoms with Crippen LogP contribution in [0.3, 0.4) is 0 Å². The van der Waals surface area contributed by atoms with Gasteiger partial charge in [0.2, 0.25) is 0 Å². The molecule has 11 heteroatoms. The van der Waals surface area contributed by atoms with Crippen LogP contribution in [0.2, 0.25) is 0 Å². The van der Waals surface area contributed by atoms with Gasteiger partial charge in [-0.3, -0.25) is 4.79 Å². The summed E-state index contributed by atoms with van der Waals surface area (Å²) >= 11 is 0. The molecule has 2 heterocycles. The van der Waals surface area contributed by atoms with Crippen LogP contribution in [0.25, 0.3) is 0 Å². The van der Waals surface area contributed by atoms with Gasteiger partial charge in [-0.05, 0) is 66.5 Å². The van der Waals surface area contributed by atoms with Crippen molar-refractivity contribution in [1.82, 2.24) is 15.1 Å². The second-order valence-electron chi connectivity index (χ2n) is 10.7. The van der Waals surface area contributed by atoms with Gasteiger partial charge in [0.1, 0.15) is 11.2 Å². The minimum absolute atomic E-state index is 0.0229. The van der Waals surface area contributed by atoms with Crippen LogP contribution in [0.15, 0.2) is 30.3 Å². The molecule has 0 aliphatic carbocycles. The molecule has 2 fully saturated rings. The maximum Gasteiger partial charge on any atom is 0.410 e. The number of halogens is 2.